The van der Waals surface area contributed by atoms with Crippen LogP contribution in [0.25, 0.3) is 11.8 Å². The number of carbonyl (C=O) groups is 1. The fraction of sp³-hybridized carbons (Fsp3) is 0.158. The summed E-state index contributed by atoms with van der Waals surface area (Å²) >= 11 is 3.39. The zero-order chi connectivity index (χ0) is 34.5. The average Bonchev–Trinajstić information content (AvgIpc) is 3.44. The number of fused-ring (bicyclic) bond motifs is 1. The molecule has 0 spiro atoms. The number of aromatic nitrogens is 1. The van der Waals surface area contributed by atoms with E-state index in [-0.39, 0.29) is 24.3 Å². The van der Waals surface area contributed by atoms with Gasteiger partial charge in [0.25, 0.3) is 5.56 Å². The first-order valence-electron chi connectivity index (χ1n) is 15.3. The lowest BCUT2D eigenvalue weighted by Gasteiger charge is -2.27. The van der Waals surface area contributed by atoms with E-state index in [0.29, 0.717) is 49.0 Å². The molecule has 0 unspecified atom stereocenters. The quantitative estimate of drug-likeness (QED) is 0.126. The molecular formula is C38H30IN3O6S. The van der Waals surface area contributed by atoms with Gasteiger partial charge in [-0.25, -0.2) is 9.79 Å². The van der Waals surface area contributed by atoms with E-state index in [0.717, 1.165) is 14.7 Å². The Kier molecular flexibility index (Phi) is 10.3. The number of thiazole rings is 1. The van der Waals surface area contributed by atoms with Gasteiger partial charge in [-0.2, -0.15) is 5.26 Å². The topological polar surface area (TPSA) is 112 Å². The van der Waals surface area contributed by atoms with Crippen molar-refractivity contribution in [2.75, 3.05) is 20.8 Å². The minimum Gasteiger partial charge on any atom is -0.496 e. The standard InChI is InChI=1S/C38H30IN3O6S/c1-4-47-37(44)32-33(24-12-6-5-7-13-24)41-38-42(34(32)27-16-10-11-17-29(27)45-2)36(43)31(49-38)20-23-18-28(39)35(30(19-23)46-3)48-22-26-15-9-8-14-25(26)21-40/h5-20,34H,4,22H2,1-3H3/b31-20+/t34-/m0/s1. The van der Waals surface area contributed by atoms with Crippen molar-refractivity contribution in [2.24, 2.45) is 4.99 Å². The van der Waals surface area contributed by atoms with Crippen molar-refractivity contribution >= 4 is 51.7 Å². The van der Waals surface area contributed by atoms with Crippen molar-refractivity contribution in [1.82, 2.24) is 4.57 Å². The minimum atomic E-state index is -0.870. The Bertz CT molecular complexity index is 2310. The van der Waals surface area contributed by atoms with Crippen LogP contribution in [0.15, 0.2) is 106 Å². The van der Waals surface area contributed by atoms with Crippen molar-refractivity contribution in [3.8, 4) is 23.3 Å². The Labute approximate surface area is 300 Å². The van der Waals surface area contributed by atoms with Crippen LogP contribution in [0.3, 0.4) is 0 Å². The van der Waals surface area contributed by atoms with Gasteiger partial charge in [0.15, 0.2) is 16.3 Å². The Hall–Kier alpha value is -5.19. The average molecular weight is 784 g/mol. The summed E-state index contributed by atoms with van der Waals surface area (Å²) in [5.74, 6) is 0.952. The molecule has 0 bridgehead atoms. The lowest BCUT2D eigenvalue weighted by molar-refractivity contribution is -0.138. The van der Waals surface area contributed by atoms with Gasteiger partial charge in [0.1, 0.15) is 18.4 Å². The molecule has 0 saturated carbocycles. The maximum Gasteiger partial charge on any atom is 0.338 e. The van der Waals surface area contributed by atoms with Gasteiger partial charge in [0.05, 0.1) is 51.8 Å². The fourth-order valence-corrected chi connectivity index (χ4v) is 7.43. The molecule has 5 aromatic rings. The molecule has 0 fully saturated rings. The molecule has 0 amide bonds. The normalized spacial score (nSPS) is 14.0. The number of ether oxygens (including phenoxy) is 4. The number of nitriles is 1. The molecule has 9 nitrogen and oxygen atoms in total. The molecule has 4 aromatic carbocycles. The van der Waals surface area contributed by atoms with Gasteiger partial charge < -0.3 is 18.9 Å². The molecular weight excluding hydrogens is 753 g/mol. The Balaban J connectivity index is 1.51. The Morgan fingerprint density at radius 1 is 1.00 bits per heavy atom. The number of methoxy groups -OCH3 is 2. The second-order valence-electron chi connectivity index (χ2n) is 10.8. The minimum absolute atomic E-state index is 0.151. The fourth-order valence-electron chi connectivity index (χ4n) is 5.65. The number of esters is 1. The maximum absolute atomic E-state index is 14.4. The van der Waals surface area contributed by atoms with Gasteiger partial charge in [-0.1, -0.05) is 78.1 Å². The first kappa shape index (κ1) is 33.7. The van der Waals surface area contributed by atoms with Crippen LogP contribution in [0, 0.1) is 14.9 Å². The van der Waals surface area contributed by atoms with Crippen molar-refractivity contribution in [1.29, 1.82) is 5.26 Å². The number of hydrogen-bond acceptors (Lipinski definition) is 9. The first-order valence-corrected chi connectivity index (χ1v) is 17.2. The highest BCUT2D eigenvalue weighted by Gasteiger charge is 2.36. The Morgan fingerprint density at radius 3 is 2.45 bits per heavy atom. The van der Waals surface area contributed by atoms with Gasteiger partial charge in [0.2, 0.25) is 0 Å². The van der Waals surface area contributed by atoms with Crippen LogP contribution < -0.4 is 29.1 Å². The summed E-state index contributed by atoms with van der Waals surface area (Å²) < 4.78 is 25.8. The largest absolute Gasteiger partial charge is 0.496 e. The number of rotatable bonds is 10. The molecule has 6 rings (SSSR count). The highest BCUT2D eigenvalue weighted by Crippen LogP contribution is 2.39. The van der Waals surface area contributed by atoms with E-state index in [1.807, 2.05) is 72.8 Å². The SMILES string of the molecule is CCOC(=O)C1=C(c2ccccc2)N=c2s/c(=C/c3cc(I)c(OCc4ccccc4C#N)c(OC)c3)c(=O)n2[C@H]1c1ccccc1OC. The predicted octanol–water partition coefficient (Wildman–Crippen LogP) is 6.01. The summed E-state index contributed by atoms with van der Waals surface area (Å²) in [6.07, 6.45) is 1.78. The van der Waals surface area contributed by atoms with Crippen LogP contribution in [0.4, 0.5) is 0 Å². The zero-order valence-electron chi connectivity index (χ0n) is 26.8. The van der Waals surface area contributed by atoms with Gasteiger partial charge >= 0.3 is 5.97 Å². The molecule has 11 heteroatoms. The smallest absolute Gasteiger partial charge is 0.338 e. The summed E-state index contributed by atoms with van der Waals surface area (Å²) in [6, 6.07) is 29.0. The van der Waals surface area contributed by atoms with Gasteiger partial charge in [-0.3, -0.25) is 9.36 Å². The van der Waals surface area contributed by atoms with Crippen molar-refractivity contribution in [2.45, 2.75) is 19.6 Å². The van der Waals surface area contributed by atoms with E-state index in [4.69, 9.17) is 23.9 Å². The van der Waals surface area contributed by atoms with Crippen LogP contribution in [0.5, 0.6) is 17.2 Å². The van der Waals surface area contributed by atoms with E-state index in [1.165, 1.54) is 11.3 Å². The van der Waals surface area contributed by atoms with Crippen LogP contribution in [-0.4, -0.2) is 31.4 Å². The van der Waals surface area contributed by atoms with E-state index < -0.39 is 12.0 Å². The third kappa shape index (κ3) is 6.75. The van der Waals surface area contributed by atoms with E-state index in [2.05, 4.69) is 28.7 Å². The lowest BCUT2D eigenvalue weighted by atomic mass is 9.92. The van der Waals surface area contributed by atoms with Crippen LogP contribution in [-0.2, 0) is 16.1 Å². The van der Waals surface area contributed by atoms with Crippen LogP contribution in [0.2, 0.25) is 0 Å². The highest BCUT2D eigenvalue weighted by molar-refractivity contribution is 14.1. The first-order chi connectivity index (χ1) is 23.9. The number of para-hydroxylation sites is 1. The number of carbonyl (C=O) groups excluding carboxylic acids is 1. The molecule has 0 N–H and O–H groups in total. The number of nitrogens with zero attached hydrogens (tertiary/aromatic N) is 3. The maximum atomic E-state index is 14.4. The number of benzene rings is 4. The summed E-state index contributed by atoms with van der Waals surface area (Å²) in [4.78, 5) is 33.5. The molecule has 0 radical (unpaired) electrons. The van der Waals surface area contributed by atoms with Gasteiger partial charge in [-0.05, 0) is 65.4 Å². The molecule has 246 valence electrons. The lowest BCUT2D eigenvalue weighted by Crippen LogP contribution is -2.40. The summed E-state index contributed by atoms with van der Waals surface area (Å²) in [6.45, 7) is 2.08. The van der Waals surface area contributed by atoms with E-state index in [1.54, 1.807) is 50.0 Å². The second kappa shape index (κ2) is 14.9. The molecule has 1 aliphatic rings. The number of halogens is 1. The van der Waals surface area contributed by atoms with E-state index >= 15 is 0 Å². The molecule has 0 aliphatic carbocycles. The van der Waals surface area contributed by atoms with Crippen LogP contribution in [0.1, 0.15) is 40.8 Å². The molecule has 1 aliphatic heterocycles. The molecule has 0 saturated heterocycles. The van der Waals surface area contributed by atoms with Crippen LogP contribution >= 0.6 is 33.9 Å². The summed E-state index contributed by atoms with van der Waals surface area (Å²) in [5, 5.41) is 9.48. The third-order valence-electron chi connectivity index (χ3n) is 7.87. The summed E-state index contributed by atoms with van der Waals surface area (Å²) in [7, 11) is 3.10. The van der Waals surface area contributed by atoms with Crippen molar-refractivity contribution < 1.29 is 23.7 Å². The predicted molar refractivity (Wildman–Crippen MR) is 195 cm³/mol. The number of hydrogen-bond donors (Lipinski definition) is 0. The zero-order valence-corrected chi connectivity index (χ0v) is 29.8. The molecule has 1 atom stereocenters. The second-order valence-corrected chi connectivity index (χ2v) is 12.9. The third-order valence-corrected chi connectivity index (χ3v) is 9.65. The highest BCUT2D eigenvalue weighted by atomic mass is 127. The van der Waals surface area contributed by atoms with E-state index in [9.17, 15) is 14.9 Å². The Morgan fingerprint density at radius 2 is 1.71 bits per heavy atom. The molecule has 49 heavy (non-hydrogen) atoms. The van der Waals surface area contributed by atoms with Crippen molar-refractivity contribution in [3.63, 3.8) is 0 Å². The van der Waals surface area contributed by atoms with Gasteiger partial charge in [0, 0.05) is 16.7 Å². The monoisotopic (exact) mass is 783 g/mol. The summed E-state index contributed by atoms with van der Waals surface area (Å²) in [5.41, 5.74) is 3.70. The van der Waals surface area contributed by atoms with Crippen molar-refractivity contribution in [3.05, 3.63) is 148 Å². The van der Waals surface area contributed by atoms with Gasteiger partial charge in [-0.15, -0.1) is 0 Å². The molecule has 1 aromatic heterocycles. The molecule has 2 heterocycles.